The highest BCUT2D eigenvalue weighted by Crippen LogP contribution is 2.28. The van der Waals surface area contributed by atoms with Crippen molar-refractivity contribution in [2.45, 2.75) is 32.7 Å². The molecule has 2 nitrogen and oxygen atoms in total. The van der Waals surface area contributed by atoms with Crippen LogP contribution in [-0.2, 0) is 0 Å². The van der Waals surface area contributed by atoms with E-state index in [-0.39, 0.29) is 24.8 Å². The molecule has 0 aromatic heterocycles. The standard InChI is InChI=1S/C16H25IN2.2ClH/c1-13(2)3-8-16(19-11-9-18-10-12-19)14-4-6-15(17)7-5-14;;/h4-7,13,16,18H,3,8-12H2,1-2H3;2*1H/t16-;;/m0../s1. The predicted octanol–water partition coefficient (Wildman–Crippen LogP) is 4.52. The molecule has 1 N–H and O–H groups in total. The summed E-state index contributed by atoms with van der Waals surface area (Å²) in [7, 11) is 0. The van der Waals surface area contributed by atoms with Gasteiger partial charge in [0, 0.05) is 35.8 Å². The molecule has 1 fully saturated rings. The number of nitrogens with one attached hydrogen (secondary N) is 1. The maximum atomic E-state index is 3.45. The van der Waals surface area contributed by atoms with E-state index in [1.54, 1.807) is 0 Å². The predicted molar refractivity (Wildman–Crippen MR) is 105 cm³/mol. The van der Waals surface area contributed by atoms with E-state index in [1.165, 1.54) is 35.1 Å². The number of hydrogen-bond acceptors (Lipinski definition) is 2. The Morgan fingerprint density at radius 2 is 1.62 bits per heavy atom. The molecule has 0 aliphatic carbocycles. The van der Waals surface area contributed by atoms with Crippen LogP contribution in [0.4, 0.5) is 0 Å². The fraction of sp³-hybridized carbons (Fsp3) is 0.625. The third-order valence-corrected chi connectivity index (χ3v) is 4.58. The molecule has 0 radical (unpaired) electrons. The van der Waals surface area contributed by atoms with Crippen LogP contribution in [0.5, 0.6) is 0 Å². The van der Waals surface area contributed by atoms with E-state index in [1.807, 2.05) is 0 Å². The van der Waals surface area contributed by atoms with Crippen molar-refractivity contribution in [3.8, 4) is 0 Å². The highest BCUT2D eigenvalue weighted by Gasteiger charge is 2.22. The van der Waals surface area contributed by atoms with Crippen LogP contribution in [0, 0.1) is 9.49 Å². The van der Waals surface area contributed by atoms with Crippen LogP contribution in [0.25, 0.3) is 0 Å². The van der Waals surface area contributed by atoms with Crippen molar-refractivity contribution in [3.05, 3.63) is 33.4 Å². The number of hydrogen-bond donors (Lipinski definition) is 1. The molecule has 1 atom stereocenters. The summed E-state index contributed by atoms with van der Waals surface area (Å²) in [5.74, 6) is 0.786. The molecule has 0 spiro atoms. The van der Waals surface area contributed by atoms with Crippen molar-refractivity contribution >= 4 is 47.4 Å². The summed E-state index contributed by atoms with van der Waals surface area (Å²) in [5.41, 5.74) is 1.49. The van der Waals surface area contributed by atoms with Crippen LogP contribution in [0.3, 0.4) is 0 Å². The van der Waals surface area contributed by atoms with Crippen LogP contribution in [0.1, 0.15) is 38.3 Å². The molecule has 21 heavy (non-hydrogen) atoms. The van der Waals surface area contributed by atoms with Crippen molar-refractivity contribution < 1.29 is 0 Å². The van der Waals surface area contributed by atoms with Crippen molar-refractivity contribution in [2.75, 3.05) is 26.2 Å². The molecule has 1 saturated heterocycles. The van der Waals surface area contributed by atoms with Crippen molar-refractivity contribution in [1.82, 2.24) is 10.2 Å². The molecule has 0 saturated carbocycles. The van der Waals surface area contributed by atoms with Crippen molar-refractivity contribution in [1.29, 1.82) is 0 Å². The summed E-state index contributed by atoms with van der Waals surface area (Å²) in [4.78, 5) is 2.65. The first-order valence-corrected chi connectivity index (χ1v) is 8.45. The molecular formula is C16H27Cl2IN2. The Morgan fingerprint density at radius 3 is 2.14 bits per heavy atom. The number of nitrogens with zero attached hydrogens (tertiary/aromatic N) is 1. The highest BCUT2D eigenvalue weighted by molar-refractivity contribution is 14.1. The van der Waals surface area contributed by atoms with Gasteiger partial charge in [0.2, 0.25) is 0 Å². The number of piperazine rings is 1. The van der Waals surface area contributed by atoms with E-state index in [2.05, 4.69) is 70.9 Å². The Hall–Kier alpha value is 0.450. The molecule has 0 amide bonds. The van der Waals surface area contributed by atoms with Crippen molar-refractivity contribution in [2.24, 2.45) is 5.92 Å². The minimum Gasteiger partial charge on any atom is -0.314 e. The van der Waals surface area contributed by atoms with Crippen LogP contribution >= 0.6 is 47.4 Å². The van der Waals surface area contributed by atoms with E-state index >= 15 is 0 Å². The minimum absolute atomic E-state index is 0. The van der Waals surface area contributed by atoms with E-state index in [0.717, 1.165) is 19.0 Å². The van der Waals surface area contributed by atoms with Gasteiger partial charge in [-0.2, -0.15) is 0 Å². The minimum atomic E-state index is 0. The van der Waals surface area contributed by atoms with Gasteiger partial charge in [-0.3, -0.25) is 4.90 Å². The smallest absolute Gasteiger partial charge is 0.0349 e. The van der Waals surface area contributed by atoms with E-state index in [9.17, 15) is 0 Å². The molecule has 2 rings (SSSR count). The lowest BCUT2D eigenvalue weighted by Gasteiger charge is -2.35. The molecule has 0 bridgehead atoms. The topological polar surface area (TPSA) is 15.3 Å². The molecule has 1 heterocycles. The van der Waals surface area contributed by atoms with E-state index < -0.39 is 0 Å². The van der Waals surface area contributed by atoms with Gasteiger partial charge in [0.1, 0.15) is 0 Å². The second kappa shape index (κ2) is 11.1. The van der Waals surface area contributed by atoms with Gasteiger partial charge in [-0.15, -0.1) is 24.8 Å². The second-order valence-electron chi connectivity index (χ2n) is 5.82. The van der Waals surface area contributed by atoms with Gasteiger partial charge in [-0.25, -0.2) is 0 Å². The molecule has 122 valence electrons. The van der Waals surface area contributed by atoms with Gasteiger partial charge < -0.3 is 5.32 Å². The second-order valence-corrected chi connectivity index (χ2v) is 7.07. The Morgan fingerprint density at radius 1 is 1.05 bits per heavy atom. The third-order valence-electron chi connectivity index (χ3n) is 3.86. The largest absolute Gasteiger partial charge is 0.314 e. The summed E-state index contributed by atoms with van der Waals surface area (Å²) < 4.78 is 1.32. The van der Waals surface area contributed by atoms with Crippen LogP contribution in [-0.4, -0.2) is 31.1 Å². The first-order chi connectivity index (χ1) is 9.16. The van der Waals surface area contributed by atoms with Crippen LogP contribution in [0.15, 0.2) is 24.3 Å². The fourth-order valence-corrected chi connectivity index (χ4v) is 3.09. The van der Waals surface area contributed by atoms with Gasteiger partial charge >= 0.3 is 0 Å². The normalized spacial score (nSPS) is 17.0. The van der Waals surface area contributed by atoms with Crippen LogP contribution in [0.2, 0.25) is 0 Å². The molecule has 1 aromatic carbocycles. The Labute approximate surface area is 155 Å². The molecular weight excluding hydrogens is 418 g/mol. The maximum Gasteiger partial charge on any atom is 0.0349 e. The summed E-state index contributed by atoms with van der Waals surface area (Å²) in [5, 5.41) is 3.45. The van der Waals surface area contributed by atoms with E-state index in [0.29, 0.717) is 6.04 Å². The summed E-state index contributed by atoms with van der Waals surface area (Å²) in [6, 6.07) is 9.70. The van der Waals surface area contributed by atoms with Crippen LogP contribution < -0.4 is 5.32 Å². The SMILES string of the molecule is CC(C)CC[C@@H](c1ccc(I)cc1)N1CCNCC1.Cl.Cl. The average molecular weight is 445 g/mol. The molecule has 0 unspecified atom stereocenters. The lowest BCUT2D eigenvalue weighted by atomic mass is 9.96. The third kappa shape index (κ3) is 7.04. The molecule has 1 aliphatic heterocycles. The van der Waals surface area contributed by atoms with Gasteiger partial charge in [-0.1, -0.05) is 26.0 Å². The fourth-order valence-electron chi connectivity index (χ4n) is 2.73. The van der Waals surface area contributed by atoms with Gasteiger partial charge in [-0.05, 0) is 59.0 Å². The summed E-state index contributed by atoms with van der Waals surface area (Å²) in [6.07, 6.45) is 2.58. The zero-order chi connectivity index (χ0) is 13.7. The zero-order valence-corrected chi connectivity index (χ0v) is 16.6. The number of halogens is 3. The van der Waals surface area contributed by atoms with Gasteiger partial charge in [0.25, 0.3) is 0 Å². The van der Waals surface area contributed by atoms with Gasteiger partial charge in [0.05, 0.1) is 0 Å². The lowest BCUT2D eigenvalue weighted by molar-refractivity contribution is 0.160. The number of benzene rings is 1. The summed E-state index contributed by atoms with van der Waals surface area (Å²) >= 11 is 2.38. The Kier molecular flexibility index (Phi) is 11.3. The van der Waals surface area contributed by atoms with Gasteiger partial charge in [0.15, 0.2) is 0 Å². The Balaban J connectivity index is 0.00000200. The number of rotatable bonds is 5. The summed E-state index contributed by atoms with van der Waals surface area (Å²) in [6.45, 7) is 9.25. The van der Waals surface area contributed by atoms with Crippen molar-refractivity contribution in [3.63, 3.8) is 0 Å². The molecule has 1 aromatic rings. The monoisotopic (exact) mass is 444 g/mol. The first-order valence-electron chi connectivity index (χ1n) is 7.37. The molecule has 5 heteroatoms. The highest BCUT2D eigenvalue weighted by atomic mass is 127. The molecule has 1 aliphatic rings. The Bertz CT molecular complexity index is 378. The quantitative estimate of drug-likeness (QED) is 0.671. The zero-order valence-electron chi connectivity index (χ0n) is 12.8. The average Bonchev–Trinajstić information content (AvgIpc) is 2.42. The first kappa shape index (κ1) is 21.4. The lowest BCUT2D eigenvalue weighted by Crippen LogP contribution is -2.45. The maximum absolute atomic E-state index is 3.45. The van der Waals surface area contributed by atoms with E-state index in [4.69, 9.17) is 0 Å².